The highest BCUT2D eigenvalue weighted by Crippen LogP contribution is 2.34. The second kappa shape index (κ2) is 7.43. The number of benzene rings is 2. The van der Waals surface area contributed by atoms with Crippen LogP contribution in [0.15, 0.2) is 48.5 Å². The van der Waals surface area contributed by atoms with E-state index in [1.54, 1.807) is 11.3 Å². The minimum absolute atomic E-state index is 0.119. The maximum atomic E-state index is 12.4. The Bertz CT molecular complexity index is 883. The third kappa shape index (κ3) is 3.71. The normalized spacial score (nSPS) is 20.0. The number of carbonyl (C=O) groups excluding carboxylic acids is 1. The second-order valence-electron chi connectivity index (χ2n) is 6.64. The standard InChI is InChI=1S/C20H21N3O2S/c24-14-11-9-13(10-12-14)21-20(25)23-16-6-2-1-5-15(16)19-22-17-7-3-4-8-18(17)26-19/h1-8,13-14,24H,9-12H2,(H2,21,23,25). The molecule has 0 spiro atoms. The fourth-order valence-corrected chi connectivity index (χ4v) is 4.34. The second-order valence-corrected chi connectivity index (χ2v) is 7.67. The van der Waals surface area contributed by atoms with Crippen LogP contribution < -0.4 is 10.6 Å². The predicted octanol–water partition coefficient (Wildman–Crippen LogP) is 4.39. The molecule has 0 bridgehead atoms. The molecule has 1 aliphatic rings. The van der Waals surface area contributed by atoms with Crippen LogP contribution >= 0.6 is 11.3 Å². The van der Waals surface area contributed by atoms with E-state index in [9.17, 15) is 9.90 Å². The number of rotatable bonds is 3. The molecule has 1 aliphatic carbocycles. The summed E-state index contributed by atoms with van der Waals surface area (Å²) in [6.07, 6.45) is 2.89. The van der Waals surface area contributed by atoms with Gasteiger partial charge in [0, 0.05) is 11.6 Å². The number of nitrogens with one attached hydrogen (secondary N) is 2. The lowest BCUT2D eigenvalue weighted by Gasteiger charge is -2.26. The van der Waals surface area contributed by atoms with Gasteiger partial charge in [0.1, 0.15) is 5.01 Å². The lowest BCUT2D eigenvalue weighted by Crippen LogP contribution is -2.40. The fraction of sp³-hybridized carbons (Fsp3) is 0.300. The number of thiazole rings is 1. The quantitative estimate of drug-likeness (QED) is 0.643. The van der Waals surface area contributed by atoms with Gasteiger partial charge in [-0.05, 0) is 49.9 Å². The van der Waals surface area contributed by atoms with Gasteiger partial charge in [0.25, 0.3) is 0 Å². The summed E-state index contributed by atoms with van der Waals surface area (Å²) in [7, 11) is 0. The van der Waals surface area contributed by atoms with Crippen molar-refractivity contribution in [3.05, 3.63) is 48.5 Å². The largest absolute Gasteiger partial charge is 0.393 e. The minimum Gasteiger partial charge on any atom is -0.393 e. The third-order valence-electron chi connectivity index (χ3n) is 4.73. The van der Waals surface area contributed by atoms with Gasteiger partial charge in [0.05, 0.1) is 22.0 Å². The van der Waals surface area contributed by atoms with Crippen LogP contribution in [0.1, 0.15) is 25.7 Å². The van der Waals surface area contributed by atoms with Crippen LogP contribution in [0.5, 0.6) is 0 Å². The first-order valence-corrected chi connectivity index (χ1v) is 9.71. The van der Waals surface area contributed by atoms with Crippen LogP contribution in [-0.4, -0.2) is 28.3 Å². The van der Waals surface area contributed by atoms with Gasteiger partial charge >= 0.3 is 6.03 Å². The summed E-state index contributed by atoms with van der Waals surface area (Å²) in [6.45, 7) is 0. The topological polar surface area (TPSA) is 74.2 Å². The lowest BCUT2D eigenvalue weighted by molar-refractivity contribution is 0.118. The summed E-state index contributed by atoms with van der Waals surface area (Å²) in [5, 5.41) is 16.5. The molecule has 1 heterocycles. The van der Waals surface area contributed by atoms with E-state index in [1.165, 1.54) is 0 Å². The molecule has 2 amide bonds. The van der Waals surface area contributed by atoms with Crippen molar-refractivity contribution >= 4 is 33.3 Å². The molecule has 4 rings (SSSR count). The summed E-state index contributed by atoms with van der Waals surface area (Å²) >= 11 is 1.62. The Morgan fingerprint density at radius 3 is 2.58 bits per heavy atom. The molecule has 0 saturated heterocycles. The Morgan fingerprint density at radius 1 is 1.04 bits per heavy atom. The molecule has 0 aliphatic heterocycles. The zero-order valence-electron chi connectivity index (χ0n) is 14.3. The van der Waals surface area contributed by atoms with Crippen molar-refractivity contribution in [1.29, 1.82) is 0 Å². The summed E-state index contributed by atoms with van der Waals surface area (Å²) in [4.78, 5) is 17.1. The molecule has 0 unspecified atom stereocenters. The number of aromatic nitrogens is 1. The Kier molecular flexibility index (Phi) is 4.86. The summed E-state index contributed by atoms with van der Waals surface area (Å²) < 4.78 is 1.13. The average Bonchev–Trinajstić information content (AvgIpc) is 3.08. The van der Waals surface area contributed by atoms with Gasteiger partial charge in [-0.15, -0.1) is 11.3 Å². The van der Waals surface area contributed by atoms with Crippen LogP contribution in [-0.2, 0) is 0 Å². The molecule has 2 aromatic carbocycles. The van der Waals surface area contributed by atoms with E-state index >= 15 is 0 Å². The van der Waals surface area contributed by atoms with Crippen LogP contribution in [0.4, 0.5) is 10.5 Å². The maximum Gasteiger partial charge on any atom is 0.319 e. The molecule has 3 aromatic rings. The zero-order valence-corrected chi connectivity index (χ0v) is 15.1. The first-order valence-electron chi connectivity index (χ1n) is 8.89. The number of para-hydroxylation sites is 2. The zero-order chi connectivity index (χ0) is 17.9. The van der Waals surface area contributed by atoms with E-state index in [2.05, 4.69) is 16.7 Å². The van der Waals surface area contributed by atoms with E-state index in [-0.39, 0.29) is 18.2 Å². The highest BCUT2D eigenvalue weighted by Gasteiger charge is 2.21. The number of hydrogen-bond acceptors (Lipinski definition) is 4. The summed E-state index contributed by atoms with van der Waals surface area (Å²) in [5.74, 6) is 0. The molecule has 6 heteroatoms. The van der Waals surface area contributed by atoms with Crippen LogP contribution in [0, 0.1) is 0 Å². The van der Waals surface area contributed by atoms with Crippen molar-refractivity contribution < 1.29 is 9.90 Å². The lowest BCUT2D eigenvalue weighted by atomic mass is 9.93. The van der Waals surface area contributed by atoms with E-state index in [4.69, 9.17) is 4.98 Å². The van der Waals surface area contributed by atoms with Crippen molar-refractivity contribution in [2.45, 2.75) is 37.8 Å². The van der Waals surface area contributed by atoms with Crippen molar-refractivity contribution in [3.63, 3.8) is 0 Å². The van der Waals surface area contributed by atoms with Crippen molar-refractivity contribution in [2.24, 2.45) is 0 Å². The number of aliphatic hydroxyl groups is 1. The van der Waals surface area contributed by atoms with E-state index in [0.29, 0.717) is 0 Å². The van der Waals surface area contributed by atoms with E-state index in [1.807, 2.05) is 42.5 Å². The number of hydrogen-bond donors (Lipinski definition) is 3. The van der Waals surface area contributed by atoms with Crippen molar-refractivity contribution in [3.8, 4) is 10.6 Å². The number of carbonyl (C=O) groups is 1. The van der Waals surface area contributed by atoms with Gasteiger partial charge in [-0.3, -0.25) is 0 Å². The van der Waals surface area contributed by atoms with Gasteiger partial charge in [-0.2, -0.15) is 0 Å². The summed E-state index contributed by atoms with van der Waals surface area (Å²) in [6, 6.07) is 15.7. The maximum absolute atomic E-state index is 12.4. The molecule has 0 atom stereocenters. The van der Waals surface area contributed by atoms with E-state index < -0.39 is 0 Å². The first-order chi connectivity index (χ1) is 12.7. The van der Waals surface area contributed by atoms with Gasteiger partial charge in [0.2, 0.25) is 0 Å². The molecular weight excluding hydrogens is 346 g/mol. The Morgan fingerprint density at radius 2 is 1.77 bits per heavy atom. The third-order valence-corrected chi connectivity index (χ3v) is 5.80. The monoisotopic (exact) mass is 367 g/mol. The number of aliphatic hydroxyl groups excluding tert-OH is 1. The molecule has 134 valence electrons. The Hall–Kier alpha value is -2.44. The smallest absolute Gasteiger partial charge is 0.319 e. The van der Waals surface area contributed by atoms with Crippen LogP contribution in [0.25, 0.3) is 20.8 Å². The highest BCUT2D eigenvalue weighted by molar-refractivity contribution is 7.21. The molecular formula is C20H21N3O2S. The SMILES string of the molecule is O=C(Nc1ccccc1-c1nc2ccccc2s1)NC1CCC(O)CC1. The molecule has 1 saturated carbocycles. The molecule has 1 aromatic heterocycles. The van der Waals surface area contributed by atoms with Gasteiger partial charge in [0.15, 0.2) is 0 Å². The van der Waals surface area contributed by atoms with Gasteiger partial charge < -0.3 is 15.7 Å². The predicted molar refractivity (Wildman–Crippen MR) is 105 cm³/mol. The number of amides is 2. The number of urea groups is 1. The van der Waals surface area contributed by atoms with Gasteiger partial charge in [-0.1, -0.05) is 24.3 Å². The molecule has 0 radical (unpaired) electrons. The Balaban J connectivity index is 1.51. The highest BCUT2D eigenvalue weighted by atomic mass is 32.1. The van der Waals surface area contributed by atoms with Gasteiger partial charge in [-0.25, -0.2) is 9.78 Å². The molecule has 5 nitrogen and oxygen atoms in total. The summed E-state index contributed by atoms with van der Waals surface area (Å²) in [5.41, 5.74) is 2.63. The molecule has 1 fully saturated rings. The van der Waals surface area contributed by atoms with E-state index in [0.717, 1.165) is 52.2 Å². The fourth-order valence-electron chi connectivity index (χ4n) is 3.33. The number of nitrogens with zero attached hydrogens (tertiary/aromatic N) is 1. The number of anilines is 1. The minimum atomic E-state index is -0.226. The van der Waals surface area contributed by atoms with Crippen molar-refractivity contribution in [2.75, 3.05) is 5.32 Å². The number of fused-ring (bicyclic) bond motifs is 1. The molecule has 3 N–H and O–H groups in total. The van der Waals surface area contributed by atoms with Crippen LogP contribution in [0.2, 0.25) is 0 Å². The van der Waals surface area contributed by atoms with Crippen LogP contribution in [0.3, 0.4) is 0 Å². The first kappa shape index (κ1) is 17.0. The average molecular weight is 367 g/mol. The van der Waals surface area contributed by atoms with Crippen molar-refractivity contribution in [1.82, 2.24) is 10.3 Å². The Labute approximate surface area is 156 Å². The molecule has 26 heavy (non-hydrogen) atoms.